The van der Waals surface area contributed by atoms with Crippen molar-refractivity contribution in [3.05, 3.63) is 46.3 Å². The van der Waals surface area contributed by atoms with E-state index in [9.17, 15) is 29.1 Å². The van der Waals surface area contributed by atoms with E-state index in [1.165, 1.54) is 19.1 Å². The summed E-state index contributed by atoms with van der Waals surface area (Å²) in [5.74, 6) is -3.01. The molecule has 542 valence electrons. The second-order valence-electron chi connectivity index (χ2n) is 23.7. The number of methoxy groups -OCH3 is 2. The van der Waals surface area contributed by atoms with Crippen LogP contribution < -0.4 is 10.6 Å². The molecule has 1 aliphatic heterocycles. The zero-order valence-corrected chi connectivity index (χ0v) is 58.6. The van der Waals surface area contributed by atoms with Crippen molar-refractivity contribution in [2.75, 3.05) is 200 Å². The van der Waals surface area contributed by atoms with Crippen LogP contribution in [-0.2, 0) is 90.3 Å². The molecule has 0 spiro atoms. The summed E-state index contributed by atoms with van der Waals surface area (Å²) in [7, 11) is 6.33. The SMILES string of the molecule is CC[C@H](C)[C@@H]([C@@H](CC(=O)N1CCCC1[C@H](OC)[C@@H](C)C(=O)N[C@H](C)[C@@H](O)c1ccccc1)OC)N(C)C(=O)[C@@H](NC(=O)C(C(C)C)N(C)C(=O)CCOCCOCCOCCOCCOCCOCCOCCOCCOCCOCCOCCOCCN=[N+]=[N-])C(C)C. The third kappa shape index (κ3) is 35.0. The topological polar surface area (TPSA) is 317 Å². The number of likely N-dealkylation sites (tertiary alicyclic amines) is 1. The number of aliphatic hydroxyl groups is 1. The van der Waals surface area contributed by atoms with E-state index in [1.807, 2.05) is 59.7 Å². The number of hydrogen-bond donors (Lipinski definition) is 3. The van der Waals surface area contributed by atoms with Crippen molar-refractivity contribution >= 4 is 29.5 Å². The van der Waals surface area contributed by atoms with E-state index < -0.39 is 60.3 Å². The van der Waals surface area contributed by atoms with Gasteiger partial charge in [0.05, 0.1) is 214 Å². The predicted octanol–water partition coefficient (Wildman–Crippen LogP) is 4.67. The zero-order valence-electron chi connectivity index (χ0n) is 58.6. The number of azide groups is 1. The third-order valence-electron chi connectivity index (χ3n) is 16.1. The summed E-state index contributed by atoms with van der Waals surface area (Å²) in [5, 5.41) is 20.3. The highest BCUT2D eigenvalue weighted by atomic mass is 16.6. The van der Waals surface area contributed by atoms with Crippen LogP contribution in [0.5, 0.6) is 0 Å². The second kappa shape index (κ2) is 53.3. The van der Waals surface area contributed by atoms with Crippen LogP contribution in [0.25, 0.3) is 10.4 Å². The molecule has 0 radical (unpaired) electrons. The van der Waals surface area contributed by atoms with Gasteiger partial charge >= 0.3 is 0 Å². The fourth-order valence-electron chi connectivity index (χ4n) is 10.7. The van der Waals surface area contributed by atoms with E-state index in [2.05, 4.69) is 20.7 Å². The maximum atomic E-state index is 14.7. The van der Waals surface area contributed by atoms with Crippen molar-refractivity contribution in [2.45, 2.75) is 136 Å². The van der Waals surface area contributed by atoms with Crippen LogP contribution in [-0.4, -0.2) is 292 Å². The van der Waals surface area contributed by atoms with Gasteiger partial charge in [0.1, 0.15) is 12.1 Å². The summed E-state index contributed by atoms with van der Waals surface area (Å²) < 4.78 is 78.1. The summed E-state index contributed by atoms with van der Waals surface area (Å²) >= 11 is 0. The van der Waals surface area contributed by atoms with Gasteiger partial charge in [-0.25, -0.2) is 0 Å². The molecule has 1 saturated heterocycles. The molecule has 0 aromatic heterocycles. The van der Waals surface area contributed by atoms with E-state index in [-0.39, 0.29) is 67.4 Å². The smallest absolute Gasteiger partial charge is 0.245 e. The Morgan fingerprint density at radius 1 is 0.606 bits per heavy atom. The molecule has 0 bridgehead atoms. The van der Waals surface area contributed by atoms with Crippen LogP contribution in [0, 0.1) is 23.7 Å². The van der Waals surface area contributed by atoms with Gasteiger partial charge in [-0.1, -0.05) is 90.3 Å². The Balaban J connectivity index is 1.63. The number of rotatable bonds is 59. The molecular formula is C66H118N8O20. The van der Waals surface area contributed by atoms with Gasteiger partial charge < -0.3 is 96.8 Å². The summed E-state index contributed by atoms with van der Waals surface area (Å²) in [6.45, 7) is 25.5. The Hall–Kier alpha value is -4.72. The van der Waals surface area contributed by atoms with Gasteiger partial charge in [-0.05, 0) is 48.6 Å². The van der Waals surface area contributed by atoms with Gasteiger partial charge in [-0.15, -0.1) is 0 Å². The number of ether oxygens (including phenoxy) is 14. The maximum absolute atomic E-state index is 14.7. The largest absolute Gasteiger partial charge is 0.386 e. The van der Waals surface area contributed by atoms with Crippen molar-refractivity contribution in [3.8, 4) is 0 Å². The lowest BCUT2D eigenvalue weighted by molar-refractivity contribution is -0.148. The molecule has 5 amide bonds. The van der Waals surface area contributed by atoms with Crippen molar-refractivity contribution < 1.29 is 95.4 Å². The minimum Gasteiger partial charge on any atom is -0.386 e. The lowest BCUT2D eigenvalue weighted by atomic mass is 9.89. The number of nitrogens with zero attached hydrogens (tertiary/aromatic N) is 6. The van der Waals surface area contributed by atoms with Crippen molar-refractivity contribution in [3.63, 3.8) is 0 Å². The summed E-state index contributed by atoms with van der Waals surface area (Å²) in [6, 6.07) is 5.74. The van der Waals surface area contributed by atoms with E-state index in [0.29, 0.717) is 183 Å². The van der Waals surface area contributed by atoms with Gasteiger partial charge in [0, 0.05) is 46.3 Å². The molecule has 1 fully saturated rings. The quantitative estimate of drug-likeness (QED) is 0.0345. The van der Waals surface area contributed by atoms with Gasteiger partial charge in [0.25, 0.3) is 0 Å². The van der Waals surface area contributed by atoms with Gasteiger partial charge in [-0.3, -0.25) is 24.0 Å². The normalized spacial score (nSPS) is 16.2. The highest BCUT2D eigenvalue weighted by Gasteiger charge is 2.44. The Bertz CT molecular complexity index is 2190. The number of hydrogen-bond acceptors (Lipinski definition) is 21. The van der Waals surface area contributed by atoms with Crippen LogP contribution in [0.1, 0.15) is 99.2 Å². The highest BCUT2D eigenvalue weighted by molar-refractivity contribution is 5.92. The maximum Gasteiger partial charge on any atom is 0.245 e. The van der Waals surface area contributed by atoms with E-state index in [0.717, 1.165) is 0 Å². The van der Waals surface area contributed by atoms with E-state index in [4.69, 9.17) is 71.8 Å². The van der Waals surface area contributed by atoms with E-state index >= 15 is 0 Å². The predicted molar refractivity (Wildman–Crippen MR) is 352 cm³/mol. The third-order valence-corrected chi connectivity index (χ3v) is 16.1. The van der Waals surface area contributed by atoms with Crippen LogP contribution in [0.4, 0.5) is 0 Å². The number of nitrogens with one attached hydrogen (secondary N) is 2. The number of likely N-dealkylation sites (N-methyl/N-ethyl adjacent to an activating group) is 2. The molecule has 3 N–H and O–H groups in total. The van der Waals surface area contributed by atoms with Gasteiger partial charge in [-0.2, -0.15) is 0 Å². The lowest BCUT2D eigenvalue weighted by Crippen LogP contribution is -2.60. The number of amides is 5. The molecule has 1 aromatic carbocycles. The Morgan fingerprint density at radius 2 is 1.04 bits per heavy atom. The molecule has 28 heteroatoms. The highest BCUT2D eigenvalue weighted by Crippen LogP contribution is 2.30. The average molecular weight is 1340 g/mol. The van der Waals surface area contributed by atoms with E-state index in [1.54, 1.807) is 49.9 Å². The molecule has 0 saturated carbocycles. The summed E-state index contributed by atoms with van der Waals surface area (Å²) in [4.78, 5) is 77.9. The Morgan fingerprint density at radius 3 is 1.44 bits per heavy atom. The van der Waals surface area contributed by atoms with Crippen LogP contribution in [0.3, 0.4) is 0 Å². The molecule has 0 aliphatic carbocycles. The van der Waals surface area contributed by atoms with Crippen molar-refractivity contribution in [1.82, 2.24) is 25.3 Å². The van der Waals surface area contributed by atoms with Crippen LogP contribution in [0.15, 0.2) is 35.4 Å². The second-order valence-corrected chi connectivity index (χ2v) is 23.7. The first-order valence-electron chi connectivity index (χ1n) is 33.5. The molecular weight excluding hydrogens is 1220 g/mol. The molecule has 2 unspecified atom stereocenters. The molecule has 2 rings (SSSR count). The van der Waals surface area contributed by atoms with Gasteiger partial charge in [0.2, 0.25) is 29.5 Å². The Labute approximate surface area is 559 Å². The molecule has 1 heterocycles. The average Bonchev–Trinajstić information content (AvgIpc) is 1.34. The minimum absolute atomic E-state index is 0.0307. The van der Waals surface area contributed by atoms with Crippen molar-refractivity contribution in [2.24, 2.45) is 28.8 Å². The number of benzene rings is 1. The Kier molecular flexibility index (Phi) is 48.4. The fraction of sp³-hybridized carbons (Fsp3) is 0.833. The first-order chi connectivity index (χ1) is 45.4. The van der Waals surface area contributed by atoms with Crippen LogP contribution in [0.2, 0.25) is 0 Å². The van der Waals surface area contributed by atoms with Gasteiger partial charge in [0.15, 0.2) is 0 Å². The molecule has 10 atom stereocenters. The molecule has 1 aliphatic rings. The first-order valence-corrected chi connectivity index (χ1v) is 33.5. The number of aliphatic hydroxyl groups excluding tert-OH is 1. The number of carbonyl (C=O) groups excluding carboxylic acids is 5. The molecule has 28 nitrogen and oxygen atoms in total. The minimum atomic E-state index is -0.961. The first kappa shape index (κ1) is 85.4. The monoisotopic (exact) mass is 1340 g/mol. The fourth-order valence-corrected chi connectivity index (χ4v) is 10.7. The number of carbonyl (C=O) groups is 5. The molecule has 94 heavy (non-hydrogen) atoms. The lowest BCUT2D eigenvalue weighted by Gasteiger charge is -2.41. The van der Waals surface area contributed by atoms with Crippen molar-refractivity contribution in [1.29, 1.82) is 0 Å². The standard InChI is InChI=1S/C66H118N8O20/c1-13-51(6)61(56(81-11)48-58(76)74-23-17-20-55(74)63(82-12)52(7)64(78)69-53(8)62(77)54-18-15-14-16-19-54)73(10)66(80)59(49(2)3)70-65(79)60(50(4)5)72(9)57(75)21-24-83-26-28-85-30-32-87-34-36-89-38-40-91-42-44-93-46-47-94-45-43-92-41-39-90-37-35-88-33-31-86-29-27-84-25-22-68-71-67/h14-16,18-19,49-53,55-56,59-63,77H,13,17,20-48H2,1-12H3,(H,69,78)(H,70,79)/t51-,52+,53+,55?,56+,59-,60?,61-,62+,63+/m0/s1. The van der Waals surface area contributed by atoms with Crippen LogP contribution >= 0.6 is 0 Å². The zero-order chi connectivity index (χ0) is 69.3. The molecule has 1 aromatic rings. The summed E-state index contributed by atoms with van der Waals surface area (Å²) in [5.41, 5.74) is 8.88. The summed E-state index contributed by atoms with van der Waals surface area (Å²) in [6.07, 6.45) is -0.276.